The summed E-state index contributed by atoms with van der Waals surface area (Å²) >= 11 is 0. The molecule has 0 radical (unpaired) electrons. The Morgan fingerprint density at radius 1 is 1.50 bits per heavy atom. The van der Waals surface area contributed by atoms with Crippen LogP contribution in [0.15, 0.2) is 12.1 Å². The molecule has 1 aliphatic heterocycles. The molecule has 2 N–H and O–H groups in total. The minimum Gasteiger partial charge on any atom is -0.494 e. The maximum atomic E-state index is 11.5. The zero-order valence-corrected chi connectivity index (χ0v) is 12.3. The lowest BCUT2D eigenvalue weighted by atomic mass is 10.1. The summed E-state index contributed by atoms with van der Waals surface area (Å²) in [6.07, 6.45) is 1.11. The predicted molar refractivity (Wildman–Crippen MR) is 77.2 cm³/mol. The number of nitrogens with one attached hydrogen (secondary N) is 2. The van der Waals surface area contributed by atoms with Crippen LogP contribution in [0.3, 0.4) is 0 Å². The third-order valence-corrected chi connectivity index (χ3v) is 3.19. The highest BCUT2D eigenvalue weighted by atomic mass is 16.5. The van der Waals surface area contributed by atoms with E-state index in [4.69, 9.17) is 9.47 Å². The van der Waals surface area contributed by atoms with Crippen LogP contribution in [0, 0.1) is 0 Å². The molecule has 0 aliphatic carbocycles. The predicted octanol–water partition coefficient (Wildman–Crippen LogP) is 1.24. The Balaban J connectivity index is 2.14. The van der Waals surface area contributed by atoms with Crippen LogP contribution in [-0.2, 0) is 17.8 Å². The van der Waals surface area contributed by atoms with Crippen molar-refractivity contribution in [1.82, 2.24) is 10.6 Å². The van der Waals surface area contributed by atoms with Gasteiger partial charge < -0.3 is 20.1 Å². The van der Waals surface area contributed by atoms with Crippen molar-refractivity contribution in [2.24, 2.45) is 0 Å². The first-order valence-electron chi connectivity index (χ1n) is 7.00. The number of hydrogen-bond donors (Lipinski definition) is 2. The van der Waals surface area contributed by atoms with Crippen molar-refractivity contribution >= 4 is 5.91 Å². The van der Waals surface area contributed by atoms with E-state index in [1.807, 2.05) is 19.1 Å². The molecule has 1 aromatic rings. The Morgan fingerprint density at radius 2 is 2.30 bits per heavy atom. The van der Waals surface area contributed by atoms with Crippen molar-refractivity contribution in [1.29, 1.82) is 0 Å². The second kappa shape index (κ2) is 6.61. The largest absolute Gasteiger partial charge is 0.494 e. The van der Waals surface area contributed by atoms with Gasteiger partial charge in [0.05, 0.1) is 13.2 Å². The van der Waals surface area contributed by atoms with E-state index in [1.165, 1.54) is 5.56 Å². The van der Waals surface area contributed by atoms with Crippen molar-refractivity contribution in [3.05, 3.63) is 23.3 Å². The molecule has 1 atom stereocenters. The molecule has 0 fully saturated rings. The molecule has 1 heterocycles. The summed E-state index contributed by atoms with van der Waals surface area (Å²) in [5.41, 5.74) is 2.12. The first kappa shape index (κ1) is 14.7. The van der Waals surface area contributed by atoms with Crippen LogP contribution in [-0.4, -0.2) is 32.2 Å². The summed E-state index contributed by atoms with van der Waals surface area (Å²) in [4.78, 5) is 11.5. The van der Waals surface area contributed by atoms with Gasteiger partial charge in [0, 0.05) is 24.1 Å². The summed E-state index contributed by atoms with van der Waals surface area (Å²) in [6.45, 7) is 5.36. The molecule has 1 aliphatic rings. The van der Waals surface area contributed by atoms with E-state index < -0.39 is 0 Å². The lowest BCUT2D eigenvalue weighted by molar-refractivity contribution is -0.120. The number of benzene rings is 1. The first-order chi connectivity index (χ1) is 9.63. The molecular weight excluding hydrogens is 256 g/mol. The van der Waals surface area contributed by atoms with Crippen molar-refractivity contribution in [3.8, 4) is 11.5 Å². The minimum absolute atomic E-state index is 0.0373. The normalized spacial score (nSPS) is 16.4. The number of amides is 1. The van der Waals surface area contributed by atoms with E-state index in [0.29, 0.717) is 19.7 Å². The monoisotopic (exact) mass is 278 g/mol. The van der Waals surface area contributed by atoms with Gasteiger partial charge in [0.15, 0.2) is 0 Å². The number of carbonyl (C=O) groups is 1. The van der Waals surface area contributed by atoms with Crippen LogP contribution < -0.4 is 20.1 Å². The highest BCUT2D eigenvalue weighted by Gasteiger charge is 2.21. The van der Waals surface area contributed by atoms with Crippen LogP contribution in [0.4, 0.5) is 0 Å². The zero-order chi connectivity index (χ0) is 14.5. The number of likely N-dealkylation sites (N-methyl/N-ethyl adjacent to an activating group) is 1. The van der Waals surface area contributed by atoms with E-state index in [2.05, 4.69) is 17.6 Å². The van der Waals surface area contributed by atoms with Crippen LogP contribution in [0.25, 0.3) is 0 Å². The van der Waals surface area contributed by atoms with Gasteiger partial charge in [0.2, 0.25) is 5.91 Å². The fraction of sp³-hybridized carbons (Fsp3) is 0.533. The molecule has 5 nitrogen and oxygen atoms in total. The highest BCUT2D eigenvalue weighted by molar-refractivity contribution is 5.78. The van der Waals surface area contributed by atoms with Gasteiger partial charge in [-0.2, -0.15) is 0 Å². The van der Waals surface area contributed by atoms with Crippen molar-refractivity contribution in [2.75, 3.05) is 20.2 Å². The summed E-state index contributed by atoms with van der Waals surface area (Å²) in [5.74, 6) is 1.69. The molecule has 0 saturated carbocycles. The third kappa shape index (κ3) is 3.42. The van der Waals surface area contributed by atoms with Crippen molar-refractivity contribution in [2.45, 2.75) is 32.9 Å². The van der Waals surface area contributed by atoms with Gasteiger partial charge in [-0.15, -0.1) is 0 Å². The molecule has 1 aromatic carbocycles. The Labute approximate surface area is 119 Å². The Morgan fingerprint density at radius 3 is 3.00 bits per heavy atom. The number of hydrogen-bond acceptors (Lipinski definition) is 4. The van der Waals surface area contributed by atoms with Gasteiger partial charge in [-0.05, 0) is 33.0 Å². The molecule has 5 heteroatoms. The number of carbonyl (C=O) groups excluding carboxylic acids is 1. The van der Waals surface area contributed by atoms with Crippen LogP contribution >= 0.6 is 0 Å². The summed E-state index contributed by atoms with van der Waals surface area (Å²) in [5, 5.41) is 5.69. The van der Waals surface area contributed by atoms with E-state index in [9.17, 15) is 4.79 Å². The molecule has 1 unspecified atom stereocenters. The van der Waals surface area contributed by atoms with Crippen LogP contribution in [0.2, 0.25) is 0 Å². The third-order valence-electron chi connectivity index (χ3n) is 3.19. The summed E-state index contributed by atoms with van der Waals surface area (Å²) in [6, 6.07) is 4.01. The van der Waals surface area contributed by atoms with Crippen LogP contribution in [0.1, 0.15) is 25.0 Å². The lowest BCUT2D eigenvalue weighted by Gasteiger charge is -2.13. The Hall–Kier alpha value is -1.75. The van der Waals surface area contributed by atoms with Gasteiger partial charge in [-0.25, -0.2) is 0 Å². The number of fused-ring (bicyclic) bond motifs is 1. The zero-order valence-electron chi connectivity index (χ0n) is 12.3. The topological polar surface area (TPSA) is 59.6 Å². The lowest BCUT2D eigenvalue weighted by Crippen LogP contribution is -2.31. The summed E-state index contributed by atoms with van der Waals surface area (Å²) in [7, 11) is 1.75. The van der Waals surface area contributed by atoms with Gasteiger partial charge in [0.25, 0.3) is 0 Å². The van der Waals surface area contributed by atoms with E-state index >= 15 is 0 Å². The second-order valence-electron chi connectivity index (χ2n) is 4.94. The Kier molecular flexibility index (Phi) is 4.84. The van der Waals surface area contributed by atoms with Gasteiger partial charge in [0.1, 0.15) is 17.6 Å². The molecule has 2 rings (SSSR count). The molecule has 0 aromatic heterocycles. The Bertz CT molecular complexity index is 488. The minimum atomic E-state index is -0.0373. The van der Waals surface area contributed by atoms with Gasteiger partial charge in [-0.3, -0.25) is 4.79 Å². The van der Waals surface area contributed by atoms with Crippen molar-refractivity contribution < 1.29 is 14.3 Å². The first-order valence-corrected chi connectivity index (χ1v) is 7.00. The molecule has 0 saturated heterocycles. The maximum Gasteiger partial charge on any atom is 0.234 e. The number of rotatable bonds is 6. The second-order valence-corrected chi connectivity index (χ2v) is 4.94. The molecule has 0 bridgehead atoms. The van der Waals surface area contributed by atoms with E-state index in [1.54, 1.807) is 7.05 Å². The van der Waals surface area contributed by atoms with E-state index in [0.717, 1.165) is 23.5 Å². The SMILES string of the molecule is CCOc1cc2c(cc1CNC(=O)CNC)OC(C)C2. The van der Waals surface area contributed by atoms with Gasteiger partial charge in [-0.1, -0.05) is 0 Å². The standard InChI is InChI=1S/C15H22N2O3/c1-4-19-13-6-11-5-10(2)20-14(11)7-12(13)8-17-15(18)9-16-3/h6-7,10,16H,4-5,8-9H2,1-3H3,(H,17,18). The summed E-state index contributed by atoms with van der Waals surface area (Å²) < 4.78 is 11.4. The quantitative estimate of drug-likeness (QED) is 0.822. The fourth-order valence-corrected chi connectivity index (χ4v) is 2.33. The maximum absolute atomic E-state index is 11.5. The van der Waals surface area contributed by atoms with Gasteiger partial charge >= 0.3 is 0 Å². The smallest absolute Gasteiger partial charge is 0.234 e. The van der Waals surface area contributed by atoms with E-state index in [-0.39, 0.29) is 12.0 Å². The molecule has 110 valence electrons. The fourth-order valence-electron chi connectivity index (χ4n) is 2.33. The average Bonchev–Trinajstić information content (AvgIpc) is 2.76. The molecular formula is C15H22N2O3. The van der Waals surface area contributed by atoms with Crippen LogP contribution in [0.5, 0.6) is 11.5 Å². The van der Waals surface area contributed by atoms with Crippen molar-refractivity contribution in [3.63, 3.8) is 0 Å². The average molecular weight is 278 g/mol. The highest BCUT2D eigenvalue weighted by Crippen LogP contribution is 2.35. The molecule has 0 spiro atoms. The molecule has 20 heavy (non-hydrogen) atoms. The number of ether oxygens (including phenoxy) is 2. The molecule has 1 amide bonds.